The van der Waals surface area contributed by atoms with E-state index in [0.29, 0.717) is 6.04 Å². The van der Waals surface area contributed by atoms with Crippen molar-refractivity contribution in [2.75, 3.05) is 13.1 Å². The van der Waals surface area contributed by atoms with Crippen molar-refractivity contribution >= 4 is 0 Å². The average molecular weight is 276 g/mol. The largest absolute Gasteiger partial charge is 0.320 e. The minimum absolute atomic E-state index is 0.290. The lowest BCUT2D eigenvalue weighted by molar-refractivity contribution is 0.117. The van der Waals surface area contributed by atoms with Crippen molar-refractivity contribution in [3.05, 3.63) is 35.9 Å². The van der Waals surface area contributed by atoms with Crippen LogP contribution in [0.5, 0.6) is 0 Å². The van der Waals surface area contributed by atoms with Crippen LogP contribution in [-0.2, 0) is 5.54 Å². The molecule has 0 bridgehead atoms. The fourth-order valence-electron chi connectivity index (χ4n) is 3.12. The molecule has 0 saturated heterocycles. The highest BCUT2D eigenvalue weighted by Gasteiger charge is 2.34. The molecule has 20 heavy (non-hydrogen) atoms. The summed E-state index contributed by atoms with van der Waals surface area (Å²) >= 11 is 0. The Labute approximate surface area is 125 Å². The molecule has 2 unspecified atom stereocenters. The number of rotatable bonds is 9. The van der Waals surface area contributed by atoms with E-state index in [9.17, 15) is 0 Å². The Morgan fingerprint density at radius 1 is 1.00 bits per heavy atom. The molecule has 0 aromatic heterocycles. The fourth-order valence-corrected chi connectivity index (χ4v) is 3.12. The van der Waals surface area contributed by atoms with E-state index in [2.05, 4.69) is 62.9 Å². The number of nitrogens with two attached hydrogens (primary N) is 1. The average Bonchev–Trinajstić information content (AvgIpc) is 2.45. The van der Waals surface area contributed by atoms with E-state index in [1.165, 1.54) is 24.8 Å². The highest BCUT2D eigenvalue weighted by atomic mass is 15.2. The summed E-state index contributed by atoms with van der Waals surface area (Å²) in [5.41, 5.74) is 7.74. The van der Waals surface area contributed by atoms with Crippen molar-refractivity contribution in [1.82, 2.24) is 4.90 Å². The predicted octanol–water partition coefficient (Wildman–Crippen LogP) is 4.15. The minimum Gasteiger partial charge on any atom is -0.320 e. The van der Waals surface area contributed by atoms with Crippen LogP contribution >= 0.6 is 0 Å². The first-order valence-electron chi connectivity index (χ1n) is 8.16. The third-order valence-electron chi connectivity index (χ3n) is 4.11. The Hall–Kier alpha value is -0.860. The van der Waals surface area contributed by atoms with Crippen molar-refractivity contribution in [1.29, 1.82) is 0 Å². The summed E-state index contributed by atoms with van der Waals surface area (Å²) in [6.07, 6.45) is 4.70. The number of nitrogens with zero attached hydrogens (tertiary/aromatic N) is 1. The van der Waals surface area contributed by atoms with Gasteiger partial charge in [0.2, 0.25) is 0 Å². The van der Waals surface area contributed by atoms with Crippen molar-refractivity contribution in [3.8, 4) is 0 Å². The second-order valence-corrected chi connectivity index (χ2v) is 5.99. The third-order valence-corrected chi connectivity index (χ3v) is 4.11. The SMILES string of the molecule is CCCC(N(CCC)CCC)C(C)(N)c1ccccc1. The molecule has 0 aliphatic rings. The Morgan fingerprint density at radius 2 is 1.55 bits per heavy atom. The zero-order chi connectivity index (χ0) is 15.0. The molecule has 0 aliphatic heterocycles. The van der Waals surface area contributed by atoms with Crippen LogP contribution in [0.15, 0.2) is 30.3 Å². The summed E-state index contributed by atoms with van der Waals surface area (Å²) < 4.78 is 0. The van der Waals surface area contributed by atoms with E-state index in [1.54, 1.807) is 0 Å². The first-order valence-corrected chi connectivity index (χ1v) is 8.16. The van der Waals surface area contributed by atoms with Crippen LogP contribution in [0.3, 0.4) is 0 Å². The van der Waals surface area contributed by atoms with E-state index >= 15 is 0 Å². The van der Waals surface area contributed by atoms with Gasteiger partial charge in [-0.05, 0) is 44.8 Å². The molecular formula is C18H32N2. The summed E-state index contributed by atoms with van der Waals surface area (Å²) in [6, 6.07) is 11.0. The van der Waals surface area contributed by atoms with Gasteiger partial charge in [-0.3, -0.25) is 4.90 Å². The standard InChI is InChI=1S/C18H32N2/c1-5-11-17(20(14-6-2)15-7-3)18(4,19)16-12-9-8-10-13-16/h8-10,12-13,17H,5-7,11,14-15,19H2,1-4H3. The first kappa shape index (κ1) is 17.2. The van der Waals surface area contributed by atoms with Gasteiger partial charge < -0.3 is 5.73 Å². The number of benzene rings is 1. The molecule has 2 atom stereocenters. The molecule has 1 aromatic carbocycles. The lowest BCUT2D eigenvalue weighted by Gasteiger charge is -2.42. The van der Waals surface area contributed by atoms with Gasteiger partial charge in [0, 0.05) is 6.04 Å². The van der Waals surface area contributed by atoms with Gasteiger partial charge in [-0.2, -0.15) is 0 Å². The second-order valence-electron chi connectivity index (χ2n) is 5.99. The molecule has 1 rings (SSSR count). The van der Waals surface area contributed by atoms with Gasteiger partial charge in [0.05, 0.1) is 5.54 Å². The normalized spacial score (nSPS) is 16.1. The van der Waals surface area contributed by atoms with Gasteiger partial charge in [-0.1, -0.05) is 57.5 Å². The van der Waals surface area contributed by atoms with Crippen molar-refractivity contribution < 1.29 is 0 Å². The summed E-state index contributed by atoms with van der Waals surface area (Å²) in [5.74, 6) is 0. The molecule has 0 saturated carbocycles. The second kappa shape index (κ2) is 8.43. The van der Waals surface area contributed by atoms with Crippen LogP contribution in [0.2, 0.25) is 0 Å². The molecule has 0 aliphatic carbocycles. The lowest BCUT2D eigenvalue weighted by atomic mass is 9.82. The van der Waals surface area contributed by atoms with Crippen LogP contribution in [0, 0.1) is 0 Å². The minimum atomic E-state index is -0.290. The fraction of sp³-hybridized carbons (Fsp3) is 0.667. The van der Waals surface area contributed by atoms with Crippen LogP contribution in [0.4, 0.5) is 0 Å². The van der Waals surface area contributed by atoms with E-state index in [1.807, 2.05) is 0 Å². The van der Waals surface area contributed by atoms with E-state index < -0.39 is 0 Å². The summed E-state index contributed by atoms with van der Waals surface area (Å²) in [6.45, 7) is 11.2. The Morgan fingerprint density at radius 3 is 2.00 bits per heavy atom. The maximum Gasteiger partial charge on any atom is 0.0538 e. The molecule has 0 heterocycles. The van der Waals surface area contributed by atoms with Crippen LogP contribution in [-0.4, -0.2) is 24.0 Å². The Balaban J connectivity index is 3.03. The molecule has 2 nitrogen and oxygen atoms in total. The molecular weight excluding hydrogens is 244 g/mol. The van der Waals surface area contributed by atoms with Gasteiger partial charge in [-0.15, -0.1) is 0 Å². The molecule has 1 aromatic rings. The van der Waals surface area contributed by atoms with Crippen LogP contribution in [0.1, 0.15) is 58.9 Å². The van der Waals surface area contributed by atoms with Gasteiger partial charge in [0.1, 0.15) is 0 Å². The zero-order valence-corrected chi connectivity index (χ0v) is 13.7. The van der Waals surface area contributed by atoms with E-state index in [4.69, 9.17) is 5.73 Å². The summed E-state index contributed by atoms with van der Waals surface area (Å²) in [4.78, 5) is 2.59. The van der Waals surface area contributed by atoms with Gasteiger partial charge in [-0.25, -0.2) is 0 Å². The van der Waals surface area contributed by atoms with E-state index in [0.717, 1.165) is 19.5 Å². The van der Waals surface area contributed by atoms with Gasteiger partial charge >= 0.3 is 0 Å². The molecule has 0 fully saturated rings. The molecule has 114 valence electrons. The summed E-state index contributed by atoms with van der Waals surface area (Å²) in [7, 11) is 0. The molecule has 2 heteroatoms. The smallest absolute Gasteiger partial charge is 0.0538 e. The van der Waals surface area contributed by atoms with Crippen LogP contribution in [0.25, 0.3) is 0 Å². The number of hydrogen-bond acceptors (Lipinski definition) is 2. The predicted molar refractivity (Wildman–Crippen MR) is 88.8 cm³/mol. The first-order chi connectivity index (χ1) is 9.57. The topological polar surface area (TPSA) is 29.3 Å². The third kappa shape index (κ3) is 4.32. The quantitative estimate of drug-likeness (QED) is 0.734. The van der Waals surface area contributed by atoms with Gasteiger partial charge in [0.15, 0.2) is 0 Å². The highest BCUT2D eigenvalue weighted by molar-refractivity contribution is 5.25. The molecule has 0 radical (unpaired) electrons. The van der Waals surface area contributed by atoms with Gasteiger partial charge in [0.25, 0.3) is 0 Å². The highest BCUT2D eigenvalue weighted by Crippen LogP contribution is 2.29. The zero-order valence-electron chi connectivity index (χ0n) is 13.7. The lowest BCUT2D eigenvalue weighted by Crippen LogP contribution is -2.54. The Kier molecular flexibility index (Phi) is 7.25. The van der Waals surface area contributed by atoms with Crippen molar-refractivity contribution in [3.63, 3.8) is 0 Å². The maximum absolute atomic E-state index is 6.79. The Bertz CT molecular complexity index is 353. The molecule has 2 N–H and O–H groups in total. The van der Waals surface area contributed by atoms with Crippen LogP contribution < -0.4 is 5.73 Å². The molecule has 0 amide bonds. The monoisotopic (exact) mass is 276 g/mol. The molecule has 0 spiro atoms. The van der Waals surface area contributed by atoms with Crippen molar-refractivity contribution in [2.24, 2.45) is 5.73 Å². The summed E-state index contributed by atoms with van der Waals surface area (Å²) in [5, 5.41) is 0. The van der Waals surface area contributed by atoms with Crippen molar-refractivity contribution in [2.45, 2.75) is 65.0 Å². The van der Waals surface area contributed by atoms with E-state index in [-0.39, 0.29) is 5.54 Å². The number of hydrogen-bond donors (Lipinski definition) is 1. The maximum atomic E-state index is 6.79.